The van der Waals surface area contributed by atoms with E-state index in [2.05, 4.69) is 52.2 Å². The standard InChI is InChI=1S/C58H96N2O14S2/c1-35(11-17-49(63)59-27-29-75(67,68)69)41-13-15-43-53-45(21-25-57(41,43)5)55(3)23-19-39(31-37(55)33-47(53)61)73-51(65)9-7-8-10-52(66)74-40-20-24-56(4)38(32-40)34-48(62)54-44-16-14-42(58(44,6)26-22-46(54)56)36(2)12-18-50(64)60-28-30-76(70,71)72/h35-48,53-54,61-62H,7-34H2,1-6H3,(H,59,63)(H,60,64)(H,67,68,69)(H,70,71,72)/t35-,36-,37?,38?,39-,40-,41-,42-,43+,44+,45+,46+,47+,48+,53+,54+,55+,56+,57-,58-/m1/s1. The molecule has 8 fully saturated rings. The van der Waals surface area contributed by atoms with Crippen molar-refractivity contribution < 1.29 is 64.8 Å². The lowest BCUT2D eigenvalue weighted by Gasteiger charge is -2.62. The normalized spacial score (nSPS) is 41.6. The Balaban J connectivity index is 0.733. The molecule has 76 heavy (non-hydrogen) atoms. The van der Waals surface area contributed by atoms with Gasteiger partial charge < -0.3 is 30.3 Å². The van der Waals surface area contributed by atoms with E-state index in [9.17, 15) is 46.2 Å². The Morgan fingerprint density at radius 2 is 0.868 bits per heavy atom. The maximum absolute atomic E-state index is 13.2. The molecule has 8 saturated carbocycles. The lowest BCUT2D eigenvalue weighted by Crippen LogP contribution is -2.58. The molecule has 0 aromatic heterocycles. The first-order valence-corrected chi connectivity index (χ1v) is 33.1. The molecule has 0 saturated heterocycles. The first-order valence-electron chi connectivity index (χ1n) is 29.8. The van der Waals surface area contributed by atoms with E-state index in [1.807, 2.05) is 0 Å². The Labute approximate surface area is 454 Å². The minimum atomic E-state index is -4.13. The monoisotopic (exact) mass is 1110 g/mol. The summed E-state index contributed by atoms with van der Waals surface area (Å²) in [4.78, 5) is 51.5. The number of rotatable bonds is 21. The van der Waals surface area contributed by atoms with Crippen LogP contribution in [0.15, 0.2) is 0 Å². The fraction of sp³-hybridized carbons (Fsp3) is 0.931. The Morgan fingerprint density at radius 3 is 1.24 bits per heavy atom. The number of amides is 2. The van der Waals surface area contributed by atoms with Gasteiger partial charge in [-0.2, -0.15) is 16.8 Å². The molecule has 434 valence electrons. The minimum Gasteiger partial charge on any atom is -0.462 e. The molecule has 8 aliphatic carbocycles. The van der Waals surface area contributed by atoms with Gasteiger partial charge in [0.2, 0.25) is 11.8 Å². The molecule has 0 aliphatic heterocycles. The number of hydrogen-bond acceptors (Lipinski definition) is 12. The zero-order chi connectivity index (χ0) is 55.2. The summed E-state index contributed by atoms with van der Waals surface area (Å²) in [5.74, 6) is 2.27. The number of carbonyl (C=O) groups is 4. The molecule has 18 heteroatoms. The molecule has 2 unspecified atom stereocenters. The van der Waals surface area contributed by atoms with Gasteiger partial charge in [-0.25, -0.2) is 0 Å². The fourth-order valence-corrected chi connectivity index (χ4v) is 20.2. The lowest BCUT2D eigenvalue weighted by molar-refractivity contribution is -0.183. The Bertz CT molecular complexity index is 2160. The molecule has 8 rings (SSSR count). The highest BCUT2D eigenvalue weighted by molar-refractivity contribution is 7.86. The van der Waals surface area contributed by atoms with Crippen molar-refractivity contribution in [3.8, 4) is 0 Å². The largest absolute Gasteiger partial charge is 0.462 e. The van der Waals surface area contributed by atoms with Crippen molar-refractivity contribution in [2.45, 2.75) is 220 Å². The summed E-state index contributed by atoms with van der Waals surface area (Å²) in [6, 6.07) is 0. The second-order valence-corrected chi connectivity index (χ2v) is 30.5. The van der Waals surface area contributed by atoms with Crippen molar-refractivity contribution in [2.75, 3.05) is 24.6 Å². The summed E-state index contributed by atoms with van der Waals surface area (Å²) in [7, 11) is -8.25. The van der Waals surface area contributed by atoms with Crippen LogP contribution in [0.2, 0.25) is 0 Å². The predicted molar refractivity (Wildman–Crippen MR) is 287 cm³/mol. The Kier molecular flexibility index (Phi) is 18.6. The van der Waals surface area contributed by atoms with Gasteiger partial charge in [-0.05, 0) is 221 Å². The Morgan fingerprint density at radius 1 is 0.513 bits per heavy atom. The van der Waals surface area contributed by atoms with Gasteiger partial charge >= 0.3 is 11.9 Å². The van der Waals surface area contributed by atoms with Gasteiger partial charge in [0.15, 0.2) is 0 Å². The van der Waals surface area contributed by atoms with Gasteiger partial charge in [0.05, 0.1) is 23.7 Å². The molecule has 6 N–H and O–H groups in total. The van der Waals surface area contributed by atoms with Crippen LogP contribution in [0.4, 0.5) is 0 Å². The van der Waals surface area contributed by atoms with Gasteiger partial charge in [-0.3, -0.25) is 28.3 Å². The highest BCUT2D eigenvalue weighted by Gasteiger charge is 2.65. The third-order valence-corrected chi connectivity index (χ3v) is 24.9. The molecule has 0 radical (unpaired) electrons. The van der Waals surface area contributed by atoms with Gasteiger partial charge in [-0.15, -0.1) is 0 Å². The summed E-state index contributed by atoms with van der Waals surface area (Å²) in [6.45, 7) is 13.9. The minimum absolute atomic E-state index is 0.0677. The number of unbranched alkanes of at least 4 members (excludes halogenated alkanes) is 1. The van der Waals surface area contributed by atoms with Crippen LogP contribution in [-0.2, 0) is 48.9 Å². The smallest absolute Gasteiger partial charge is 0.306 e. The van der Waals surface area contributed by atoms with Crippen LogP contribution >= 0.6 is 0 Å². The van der Waals surface area contributed by atoms with E-state index in [-0.39, 0.29) is 107 Å². The van der Waals surface area contributed by atoms with E-state index < -0.39 is 43.9 Å². The topological polar surface area (TPSA) is 260 Å². The third kappa shape index (κ3) is 12.9. The fourth-order valence-electron chi connectivity index (χ4n) is 19.5. The van der Waals surface area contributed by atoms with Crippen molar-refractivity contribution in [3.63, 3.8) is 0 Å². The van der Waals surface area contributed by atoms with E-state index in [1.165, 1.54) is 0 Å². The van der Waals surface area contributed by atoms with Gasteiger partial charge in [0, 0.05) is 38.8 Å². The first-order chi connectivity index (χ1) is 35.6. The molecule has 2 amide bonds. The van der Waals surface area contributed by atoms with Crippen molar-refractivity contribution in [1.82, 2.24) is 10.6 Å². The lowest BCUT2D eigenvalue weighted by atomic mass is 9.43. The van der Waals surface area contributed by atoms with E-state index in [0.29, 0.717) is 98.7 Å². The molecule has 0 spiro atoms. The summed E-state index contributed by atoms with van der Waals surface area (Å²) < 4.78 is 74.4. The number of aliphatic hydroxyl groups excluding tert-OH is 2. The van der Waals surface area contributed by atoms with Crippen LogP contribution in [0, 0.1) is 92.7 Å². The van der Waals surface area contributed by atoms with Crippen LogP contribution in [-0.4, -0.2) is 109 Å². The van der Waals surface area contributed by atoms with Crippen LogP contribution in [0.1, 0.15) is 196 Å². The number of carbonyl (C=O) groups excluding carboxylic acids is 4. The molecular formula is C58H96N2O14S2. The maximum Gasteiger partial charge on any atom is 0.306 e. The summed E-state index contributed by atoms with van der Waals surface area (Å²) in [5.41, 5.74) is 0.290. The average molecular weight is 1110 g/mol. The first kappa shape index (κ1) is 59.7. The van der Waals surface area contributed by atoms with E-state index in [4.69, 9.17) is 18.6 Å². The molecule has 0 aromatic carbocycles. The molecule has 0 aromatic rings. The van der Waals surface area contributed by atoms with Crippen LogP contribution in [0.25, 0.3) is 0 Å². The van der Waals surface area contributed by atoms with Crippen LogP contribution in [0.5, 0.6) is 0 Å². The third-order valence-electron chi connectivity index (χ3n) is 23.4. The van der Waals surface area contributed by atoms with Crippen LogP contribution < -0.4 is 10.6 Å². The van der Waals surface area contributed by atoms with Gasteiger partial charge in [-0.1, -0.05) is 41.5 Å². The summed E-state index contributed by atoms with van der Waals surface area (Å²) >= 11 is 0. The molecule has 20 atom stereocenters. The zero-order valence-corrected chi connectivity index (χ0v) is 48.4. The van der Waals surface area contributed by atoms with E-state index >= 15 is 0 Å². The van der Waals surface area contributed by atoms with E-state index in [1.54, 1.807) is 0 Å². The summed E-state index contributed by atoms with van der Waals surface area (Å²) in [5, 5.41) is 29.1. The van der Waals surface area contributed by atoms with Crippen molar-refractivity contribution in [2.24, 2.45) is 92.7 Å². The number of ether oxygens (including phenoxy) is 2. The SMILES string of the molecule is C[C@H](CCC(=O)NCCS(=O)(=O)O)[C@H]1CC[C@H]2[C@@H]3[C@@H](O)CC4C[C@H](OC(=O)CCCCC(=O)O[C@@H]5CC[C@@]6(C)C(C5)C[C@H](O)[C@H]5[C@@H]7CC[C@H]([C@H](C)CCC(=O)NCCS(=O)(=O)O)[C@@]7(C)CC[C@@H]56)CC[C@]4(C)[C@H]3CC[C@]12C. The van der Waals surface area contributed by atoms with Crippen molar-refractivity contribution in [3.05, 3.63) is 0 Å². The second kappa shape index (κ2) is 23.6. The van der Waals surface area contributed by atoms with Crippen LogP contribution in [0.3, 0.4) is 0 Å². The zero-order valence-electron chi connectivity index (χ0n) is 46.7. The number of aliphatic hydroxyl groups is 2. The molecule has 16 nitrogen and oxygen atoms in total. The number of esters is 2. The summed E-state index contributed by atoms with van der Waals surface area (Å²) in [6.07, 6.45) is 17.6. The van der Waals surface area contributed by atoms with Gasteiger partial charge in [0.25, 0.3) is 20.2 Å². The number of nitrogens with one attached hydrogen (secondary N) is 2. The van der Waals surface area contributed by atoms with Gasteiger partial charge in [0.1, 0.15) is 12.2 Å². The number of fused-ring (bicyclic) bond motifs is 10. The second-order valence-electron chi connectivity index (χ2n) is 27.3. The molecule has 0 heterocycles. The maximum atomic E-state index is 13.2. The number of hydrogen-bond donors (Lipinski definition) is 6. The molecule has 8 aliphatic rings. The average Bonchev–Trinajstić information content (AvgIpc) is 3.88. The quantitative estimate of drug-likeness (QED) is 0.0358. The van der Waals surface area contributed by atoms with Crippen molar-refractivity contribution >= 4 is 44.0 Å². The highest BCUT2D eigenvalue weighted by atomic mass is 32.2. The van der Waals surface area contributed by atoms with Crippen molar-refractivity contribution in [1.29, 1.82) is 0 Å². The predicted octanol–water partition coefficient (Wildman–Crippen LogP) is 8.47. The Hall–Kier alpha value is -2.38. The highest BCUT2D eigenvalue weighted by Crippen LogP contribution is 2.70. The molecule has 0 bridgehead atoms. The van der Waals surface area contributed by atoms with E-state index in [0.717, 1.165) is 89.9 Å². The molecular weight excluding hydrogens is 1010 g/mol.